The molecule has 0 aliphatic rings. The quantitative estimate of drug-likeness (QED) is 0.160. The fraction of sp³-hybridized carbons (Fsp3) is 0. The number of rotatable bonds is 6. The molecule has 10 aromatic carbocycles. The van der Waals surface area contributed by atoms with Crippen LogP contribution in [-0.2, 0) is 0 Å². The number of hydrogen-bond acceptors (Lipinski definition) is 0. The van der Waals surface area contributed by atoms with Gasteiger partial charge in [-0.3, -0.25) is 0 Å². The van der Waals surface area contributed by atoms with Crippen LogP contribution in [0.2, 0.25) is 0 Å². The highest BCUT2D eigenvalue weighted by Gasteiger charge is 2.19. The molecule has 0 spiro atoms. The van der Waals surface area contributed by atoms with Crippen molar-refractivity contribution in [2.75, 3.05) is 0 Å². The SMILES string of the molecule is c1ccc(-n2c3ccccc3c3cc(-c4ccccc4-c4ccccc4-c4ccccc4-c4ccc5c(c4)c4ccccc4n5-c4cccc5ccccc45)ccc32)cc1. The lowest BCUT2D eigenvalue weighted by molar-refractivity contribution is 1.18. The number of aromatic nitrogens is 2. The highest BCUT2D eigenvalue weighted by Crippen LogP contribution is 2.44. The monoisotopic (exact) mass is 762 g/mol. The molecule has 60 heavy (non-hydrogen) atoms. The van der Waals surface area contributed by atoms with Gasteiger partial charge < -0.3 is 9.13 Å². The van der Waals surface area contributed by atoms with Crippen molar-refractivity contribution in [1.29, 1.82) is 0 Å². The molecule has 0 aliphatic heterocycles. The predicted octanol–water partition coefficient (Wildman–Crippen LogP) is 15.7. The normalized spacial score (nSPS) is 11.7. The van der Waals surface area contributed by atoms with Crippen LogP contribution in [0.4, 0.5) is 0 Å². The Morgan fingerprint density at radius 2 is 0.633 bits per heavy atom. The molecular weight excluding hydrogens is 725 g/mol. The van der Waals surface area contributed by atoms with Crippen LogP contribution in [0.3, 0.4) is 0 Å². The van der Waals surface area contributed by atoms with Crippen LogP contribution in [0.15, 0.2) is 231 Å². The first-order valence-corrected chi connectivity index (χ1v) is 20.7. The third-order valence-corrected chi connectivity index (χ3v) is 12.4. The second-order valence-corrected chi connectivity index (χ2v) is 15.6. The highest BCUT2D eigenvalue weighted by atomic mass is 15.0. The fourth-order valence-electron chi connectivity index (χ4n) is 9.69. The maximum absolute atomic E-state index is 2.44. The molecule has 0 atom stereocenters. The molecule has 0 N–H and O–H groups in total. The molecule has 2 heterocycles. The van der Waals surface area contributed by atoms with Crippen LogP contribution in [0.25, 0.3) is 110 Å². The number of hydrogen-bond donors (Lipinski definition) is 0. The first kappa shape index (κ1) is 34.1. The Morgan fingerprint density at radius 3 is 1.22 bits per heavy atom. The van der Waals surface area contributed by atoms with Crippen LogP contribution < -0.4 is 0 Å². The molecule has 2 nitrogen and oxygen atoms in total. The molecule has 0 saturated heterocycles. The van der Waals surface area contributed by atoms with E-state index in [1.165, 1.54) is 110 Å². The van der Waals surface area contributed by atoms with Gasteiger partial charge in [0, 0.05) is 32.6 Å². The van der Waals surface area contributed by atoms with Gasteiger partial charge in [-0.1, -0.05) is 176 Å². The van der Waals surface area contributed by atoms with E-state index in [4.69, 9.17) is 0 Å². The second-order valence-electron chi connectivity index (χ2n) is 15.6. The van der Waals surface area contributed by atoms with Gasteiger partial charge >= 0.3 is 0 Å². The summed E-state index contributed by atoms with van der Waals surface area (Å²) in [5.41, 5.74) is 16.8. The standard InChI is InChI=1S/C58H38N2/c1-2-19-42(20-3-1)59-55-30-14-12-28-50(55)52-37-40(33-35-57(52)59)43-21-6-8-24-46(43)48-26-10-11-27-49(48)47-25-9-7-22-44(47)41-34-36-58-53(38-41)51-29-13-15-31-56(51)60(58)54-32-16-18-39-17-4-5-23-45(39)54/h1-38H. The summed E-state index contributed by atoms with van der Waals surface area (Å²) in [4.78, 5) is 0. The minimum absolute atomic E-state index is 1.17. The maximum Gasteiger partial charge on any atom is 0.0541 e. The van der Waals surface area contributed by atoms with Gasteiger partial charge in [-0.2, -0.15) is 0 Å². The fourth-order valence-corrected chi connectivity index (χ4v) is 9.69. The molecule has 0 unspecified atom stereocenters. The van der Waals surface area contributed by atoms with E-state index in [-0.39, 0.29) is 0 Å². The molecule has 0 fully saturated rings. The van der Waals surface area contributed by atoms with Crippen molar-refractivity contribution in [1.82, 2.24) is 9.13 Å². The second kappa shape index (κ2) is 13.9. The topological polar surface area (TPSA) is 9.86 Å². The Balaban J connectivity index is 1.01. The van der Waals surface area contributed by atoms with E-state index in [2.05, 4.69) is 240 Å². The van der Waals surface area contributed by atoms with Gasteiger partial charge in [0.1, 0.15) is 0 Å². The Morgan fingerprint density at radius 1 is 0.233 bits per heavy atom. The van der Waals surface area contributed by atoms with E-state index >= 15 is 0 Å². The van der Waals surface area contributed by atoms with Gasteiger partial charge in [-0.05, 0) is 104 Å². The van der Waals surface area contributed by atoms with Crippen molar-refractivity contribution in [2.24, 2.45) is 0 Å². The molecule has 0 saturated carbocycles. The van der Waals surface area contributed by atoms with Gasteiger partial charge in [-0.25, -0.2) is 0 Å². The van der Waals surface area contributed by atoms with Crippen molar-refractivity contribution in [3.8, 4) is 55.9 Å². The summed E-state index contributed by atoms with van der Waals surface area (Å²) in [6, 6.07) is 84.2. The molecule has 0 bridgehead atoms. The van der Waals surface area contributed by atoms with Gasteiger partial charge in [0.2, 0.25) is 0 Å². The van der Waals surface area contributed by atoms with Crippen LogP contribution in [0, 0.1) is 0 Å². The summed E-state index contributed by atoms with van der Waals surface area (Å²) in [6.07, 6.45) is 0. The van der Waals surface area contributed by atoms with E-state index in [1.807, 2.05) is 0 Å². The van der Waals surface area contributed by atoms with Gasteiger partial charge in [0.15, 0.2) is 0 Å². The molecule has 12 aromatic rings. The molecular formula is C58H38N2. The number of fused-ring (bicyclic) bond motifs is 7. The molecule has 0 aliphatic carbocycles. The first-order valence-electron chi connectivity index (χ1n) is 20.7. The van der Waals surface area contributed by atoms with Crippen molar-refractivity contribution in [3.05, 3.63) is 231 Å². The first-order chi connectivity index (χ1) is 29.8. The van der Waals surface area contributed by atoms with E-state index < -0.39 is 0 Å². The third-order valence-electron chi connectivity index (χ3n) is 12.4. The van der Waals surface area contributed by atoms with Crippen molar-refractivity contribution in [2.45, 2.75) is 0 Å². The molecule has 0 amide bonds. The van der Waals surface area contributed by atoms with Gasteiger partial charge in [-0.15, -0.1) is 0 Å². The van der Waals surface area contributed by atoms with Crippen LogP contribution in [0.1, 0.15) is 0 Å². The maximum atomic E-state index is 2.44. The summed E-state index contributed by atoms with van der Waals surface area (Å²) < 4.78 is 4.82. The lowest BCUT2D eigenvalue weighted by Crippen LogP contribution is -1.95. The summed E-state index contributed by atoms with van der Waals surface area (Å²) in [5.74, 6) is 0. The molecule has 2 aromatic heterocycles. The predicted molar refractivity (Wildman–Crippen MR) is 254 cm³/mol. The zero-order valence-electron chi connectivity index (χ0n) is 32.8. The molecule has 0 radical (unpaired) electrons. The Bertz CT molecular complexity index is 3600. The number of nitrogens with zero attached hydrogens (tertiary/aromatic N) is 2. The van der Waals surface area contributed by atoms with Gasteiger partial charge in [0.25, 0.3) is 0 Å². The Labute approximate surface area is 348 Å². The molecule has 280 valence electrons. The summed E-state index contributed by atoms with van der Waals surface area (Å²) in [7, 11) is 0. The Kier molecular flexibility index (Phi) is 7.89. The smallest absolute Gasteiger partial charge is 0.0541 e. The minimum atomic E-state index is 1.17. The van der Waals surface area contributed by atoms with Crippen LogP contribution in [-0.4, -0.2) is 9.13 Å². The van der Waals surface area contributed by atoms with Crippen molar-refractivity contribution < 1.29 is 0 Å². The average molecular weight is 763 g/mol. The van der Waals surface area contributed by atoms with E-state index in [0.717, 1.165) is 0 Å². The number of benzene rings is 10. The van der Waals surface area contributed by atoms with E-state index in [9.17, 15) is 0 Å². The molecule has 12 rings (SSSR count). The Hall–Kier alpha value is -7.94. The minimum Gasteiger partial charge on any atom is -0.309 e. The van der Waals surface area contributed by atoms with E-state index in [0.29, 0.717) is 0 Å². The summed E-state index contributed by atoms with van der Waals surface area (Å²) in [5, 5.41) is 7.47. The average Bonchev–Trinajstić information content (AvgIpc) is 3.84. The van der Waals surface area contributed by atoms with Crippen LogP contribution in [0.5, 0.6) is 0 Å². The summed E-state index contributed by atoms with van der Waals surface area (Å²) >= 11 is 0. The largest absolute Gasteiger partial charge is 0.309 e. The lowest BCUT2D eigenvalue weighted by atomic mass is 9.86. The van der Waals surface area contributed by atoms with Crippen molar-refractivity contribution >= 4 is 54.4 Å². The summed E-state index contributed by atoms with van der Waals surface area (Å²) in [6.45, 7) is 0. The molecule has 2 heteroatoms. The van der Waals surface area contributed by atoms with E-state index in [1.54, 1.807) is 0 Å². The van der Waals surface area contributed by atoms with Gasteiger partial charge in [0.05, 0.1) is 27.8 Å². The zero-order chi connectivity index (χ0) is 39.6. The van der Waals surface area contributed by atoms with Crippen LogP contribution >= 0.6 is 0 Å². The highest BCUT2D eigenvalue weighted by molar-refractivity contribution is 6.13. The third kappa shape index (κ3) is 5.35. The zero-order valence-corrected chi connectivity index (χ0v) is 32.8. The number of para-hydroxylation sites is 3. The lowest BCUT2D eigenvalue weighted by Gasteiger charge is -2.17. The van der Waals surface area contributed by atoms with Crippen molar-refractivity contribution in [3.63, 3.8) is 0 Å².